The Hall–Kier alpha value is -1.49. The van der Waals surface area contributed by atoms with E-state index in [2.05, 4.69) is 11.9 Å². The van der Waals surface area contributed by atoms with E-state index in [4.69, 9.17) is 0 Å². The molecule has 1 aliphatic carbocycles. The summed E-state index contributed by atoms with van der Waals surface area (Å²) in [5.41, 5.74) is 1.11. The highest BCUT2D eigenvalue weighted by Gasteiger charge is 2.24. The number of thiophene rings is 1. The number of carbonyl (C=O) groups excluding carboxylic acids is 1. The van der Waals surface area contributed by atoms with E-state index in [0.29, 0.717) is 5.92 Å². The molecule has 0 fully saturated rings. The Balaban J connectivity index is 2.23. The van der Waals surface area contributed by atoms with Crippen LogP contribution in [0, 0.1) is 5.92 Å². The standard InChI is InChI=1S/C15H18N2O2S/c1-8-4-5-11-12(6-8)20-14-13(11)15(19)17(7-16-14)9(2)10(3)18/h7-9H,4-6H2,1-3H3/t8-,9-/m1/s1. The molecular weight excluding hydrogens is 272 g/mol. The van der Waals surface area contributed by atoms with E-state index in [1.807, 2.05) is 0 Å². The Bertz CT molecular complexity index is 744. The quantitative estimate of drug-likeness (QED) is 0.854. The van der Waals surface area contributed by atoms with Crippen molar-refractivity contribution in [3.8, 4) is 0 Å². The summed E-state index contributed by atoms with van der Waals surface area (Å²) < 4.78 is 1.47. The molecular formula is C15H18N2O2S. The third kappa shape index (κ3) is 2.00. The van der Waals surface area contributed by atoms with E-state index in [-0.39, 0.29) is 11.3 Å². The maximum atomic E-state index is 12.7. The first-order valence-corrected chi connectivity index (χ1v) is 7.82. The highest BCUT2D eigenvalue weighted by molar-refractivity contribution is 7.18. The molecule has 2 heterocycles. The summed E-state index contributed by atoms with van der Waals surface area (Å²) in [5.74, 6) is 0.653. The van der Waals surface area contributed by atoms with E-state index in [0.717, 1.165) is 29.5 Å². The van der Waals surface area contributed by atoms with Crippen LogP contribution in [0.1, 0.15) is 43.7 Å². The zero-order valence-corrected chi connectivity index (χ0v) is 12.8. The van der Waals surface area contributed by atoms with Crippen molar-refractivity contribution < 1.29 is 4.79 Å². The molecule has 2 aromatic rings. The third-order valence-electron chi connectivity index (χ3n) is 4.25. The van der Waals surface area contributed by atoms with Gasteiger partial charge in [-0.15, -0.1) is 11.3 Å². The van der Waals surface area contributed by atoms with Crippen LogP contribution in [0.2, 0.25) is 0 Å². The number of fused-ring (bicyclic) bond motifs is 3. The van der Waals surface area contributed by atoms with Crippen LogP contribution < -0.4 is 5.56 Å². The molecule has 0 saturated heterocycles. The first-order valence-electron chi connectivity index (χ1n) is 7.01. The average molecular weight is 290 g/mol. The van der Waals surface area contributed by atoms with Gasteiger partial charge in [0.1, 0.15) is 4.83 Å². The molecule has 3 rings (SSSR count). The van der Waals surface area contributed by atoms with Gasteiger partial charge in [-0.1, -0.05) is 6.92 Å². The smallest absolute Gasteiger partial charge is 0.263 e. The number of aryl methyl sites for hydroxylation is 1. The lowest BCUT2D eigenvalue weighted by Crippen LogP contribution is -2.27. The van der Waals surface area contributed by atoms with Gasteiger partial charge < -0.3 is 0 Å². The summed E-state index contributed by atoms with van der Waals surface area (Å²) in [6, 6.07) is -0.447. The second kappa shape index (κ2) is 4.81. The minimum Gasteiger partial charge on any atom is -0.298 e. The highest BCUT2D eigenvalue weighted by Crippen LogP contribution is 2.35. The summed E-state index contributed by atoms with van der Waals surface area (Å²) in [5, 5.41) is 0.743. The molecule has 106 valence electrons. The molecule has 0 amide bonds. The average Bonchev–Trinajstić information content (AvgIpc) is 2.76. The van der Waals surface area contributed by atoms with Crippen molar-refractivity contribution in [2.24, 2.45) is 5.92 Å². The molecule has 0 unspecified atom stereocenters. The maximum Gasteiger partial charge on any atom is 0.263 e. The maximum absolute atomic E-state index is 12.7. The van der Waals surface area contributed by atoms with Crippen molar-refractivity contribution in [3.63, 3.8) is 0 Å². The van der Waals surface area contributed by atoms with Crippen LogP contribution in [-0.4, -0.2) is 15.3 Å². The van der Waals surface area contributed by atoms with Crippen molar-refractivity contribution in [1.29, 1.82) is 0 Å². The number of rotatable bonds is 2. The van der Waals surface area contributed by atoms with Gasteiger partial charge in [-0.25, -0.2) is 4.98 Å². The van der Waals surface area contributed by atoms with Crippen LogP contribution in [0.5, 0.6) is 0 Å². The lowest BCUT2D eigenvalue weighted by atomic mass is 9.89. The molecule has 0 aliphatic heterocycles. The lowest BCUT2D eigenvalue weighted by Gasteiger charge is -2.17. The fraction of sp³-hybridized carbons (Fsp3) is 0.533. The van der Waals surface area contributed by atoms with Crippen LogP contribution in [0.4, 0.5) is 0 Å². The van der Waals surface area contributed by atoms with Crippen molar-refractivity contribution in [2.45, 2.75) is 46.1 Å². The first-order chi connectivity index (χ1) is 9.49. The number of Topliss-reactive ketones (excluding diaryl/α,β-unsaturated/α-hetero) is 1. The monoisotopic (exact) mass is 290 g/mol. The molecule has 1 aliphatic rings. The van der Waals surface area contributed by atoms with Crippen molar-refractivity contribution >= 4 is 27.3 Å². The van der Waals surface area contributed by atoms with E-state index in [1.54, 1.807) is 18.3 Å². The van der Waals surface area contributed by atoms with Gasteiger partial charge in [0, 0.05) is 4.88 Å². The topological polar surface area (TPSA) is 52.0 Å². The molecule has 0 aromatic carbocycles. The number of aromatic nitrogens is 2. The van der Waals surface area contributed by atoms with Gasteiger partial charge in [0.2, 0.25) is 0 Å². The summed E-state index contributed by atoms with van der Waals surface area (Å²) in [6.45, 7) is 5.50. The molecule has 20 heavy (non-hydrogen) atoms. The Morgan fingerprint density at radius 1 is 1.55 bits per heavy atom. The molecule has 2 aromatic heterocycles. The van der Waals surface area contributed by atoms with Gasteiger partial charge >= 0.3 is 0 Å². The second-order valence-electron chi connectivity index (χ2n) is 5.78. The van der Waals surface area contributed by atoms with Crippen LogP contribution in [0.25, 0.3) is 10.2 Å². The largest absolute Gasteiger partial charge is 0.298 e. The van der Waals surface area contributed by atoms with Gasteiger partial charge in [-0.2, -0.15) is 0 Å². The summed E-state index contributed by atoms with van der Waals surface area (Å²) in [7, 11) is 0. The van der Waals surface area contributed by atoms with Gasteiger partial charge in [-0.05, 0) is 44.6 Å². The number of nitrogens with zero attached hydrogens (tertiary/aromatic N) is 2. The van der Waals surface area contributed by atoms with Crippen molar-refractivity contribution in [3.05, 3.63) is 27.1 Å². The Morgan fingerprint density at radius 3 is 3.00 bits per heavy atom. The first kappa shape index (κ1) is 13.5. The molecule has 5 heteroatoms. The molecule has 0 saturated carbocycles. The van der Waals surface area contributed by atoms with E-state index >= 15 is 0 Å². The minimum absolute atomic E-state index is 0.0223. The third-order valence-corrected chi connectivity index (χ3v) is 5.41. The van der Waals surface area contributed by atoms with Crippen LogP contribution in [0.15, 0.2) is 11.1 Å². The SMILES string of the molecule is CC(=O)[C@@H](C)n1cnc2sc3c(c2c1=O)CC[C@@H](C)C3. The van der Waals surface area contributed by atoms with Gasteiger partial charge in [0.15, 0.2) is 5.78 Å². The summed E-state index contributed by atoms with van der Waals surface area (Å²) in [4.78, 5) is 30.7. The number of carbonyl (C=O) groups is 1. The van der Waals surface area contributed by atoms with Crippen LogP contribution in [0.3, 0.4) is 0 Å². The zero-order chi connectivity index (χ0) is 14.4. The van der Waals surface area contributed by atoms with Crippen LogP contribution in [-0.2, 0) is 17.6 Å². The number of hydrogen-bond acceptors (Lipinski definition) is 4. The molecule has 0 radical (unpaired) electrons. The second-order valence-corrected chi connectivity index (χ2v) is 6.86. The number of ketones is 1. The van der Waals surface area contributed by atoms with Gasteiger partial charge in [-0.3, -0.25) is 14.2 Å². The predicted molar refractivity (Wildman–Crippen MR) is 80.5 cm³/mol. The predicted octanol–water partition coefficient (Wildman–Crippen LogP) is 2.73. The molecule has 2 atom stereocenters. The number of hydrogen-bond donors (Lipinski definition) is 0. The normalized spacial score (nSPS) is 19.9. The summed E-state index contributed by atoms with van der Waals surface area (Å²) in [6.07, 6.45) is 4.63. The zero-order valence-electron chi connectivity index (χ0n) is 12.0. The minimum atomic E-state index is -0.447. The van der Waals surface area contributed by atoms with Crippen molar-refractivity contribution in [1.82, 2.24) is 9.55 Å². The van der Waals surface area contributed by atoms with Crippen LogP contribution >= 0.6 is 11.3 Å². The molecule has 0 spiro atoms. The fourth-order valence-electron chi connectivity index (χ4n) is 2.82. The van der Waals surface area contributed by atoms with E-state index < -0.39 is 6.04 Å². The van der Waals surface area contributed by atoms with Gasteiger partial charge in [0.05, 0.1) is 17.8 Å². The highest BCUT2D eigenvalue weighted by atomic mass is 32.1. The fourth-order valence-corrected chi connectivity index (χ4v) is 4.16. The van der Waals surface area contributed by atoms with Crippen molar-refractivity contribution in [2.75, 3.05) is 0 Å². The summed E-state index contributed by atoms with van der Waals surface area (Å²) >= 11 is 1.64. The van der Waals surface area contributed by atoms with Gasteiger partial charge in [0.25, 0.3) is 5.56 Å². The van der Waals surface area contributed by atoms with E-state index in [1.165, 1.54) is 28.3 Å². The van der Waals surface area contributed by atoms with E-state index in [9.17, 15) is 9.59 Å². The molecule has 4 nitrogen and oxygen atoms in total. The Kier molecular flexibility index (Phi) is 3.24. The Labute approximate surface area is 121 Å². The molecule has 0 N–H and O–H groups in total. The Morgan fingerprint density at radius 2 is 2.30 bits per heavy atom. The molecule has 0 bridgehead atoms. The lowest BCUT2D eigenvalue weighted by molar-refractivity contribution is -0.119.